The SMILES string of the molecule is CC(=O)c1ccc(C=CC(=O)Nc2ccc(-c3nc4cc(OCCN5CCOCC5)c([N+](=O)[O-])cc4n3O)cc2)cc1. The molecule has 12 heteroatoms. The first-order valence-electron chi connectivity index (χ1n) is 13.3. The first-order chi connectivity index (χ1) is 20.3. The number of fused-ring (bicyclic) bond motifs is 1. The van der Waals surface area contributed by atoms with Crippen LogP contribution in [0.25, 0.3) is 28.5 Å². The fourth-order valence-electron chi connectivity index (χ4n) is 4.52. The number of hydrogen-bond donors (Lipinski definition) is 2. The average molecular weight is 572 g/mol. The second kappa shape index (κ2) is 12.6. The maximum atomic E-state index is 12.4. The van der Waals surface area contributed by atoms with Gasteiger partial charge in [0.1, 0.15) is 12.1 Å². The van der Waals surface area contributed by atoms with Crippen LogP contribution in [-0.2, 0) is 9.53 Å². The summed E-state index contributed by atoms with van der Waals surface area (Å²) in [6.07, 6.45) is 3.03. The third-order valence-electron chi connectivity index (χ3n) is 6.83. The molecule has 0 atom stereocenters. The molecule has 2 N–H and O–H groups in total. The van der Waals surface area contributed by atoms with E-state index in [1.807, 2.05) is 0 Å². The second-order valence-electron chi connectivity index (χ2n) is 9.69. The number of anilines is 1. The van der Waals surface area contributed by atoms with Crippen molar-refractivity contribution in [2.24, 2.45) is 0 Å². The number of amides is 1. The lowest BCUT2D eigenvalue weighted by molar-refractivity contribution is -0.385. The Labute approximate surface area is 240 Å². The first-order valence-corrected chi connectivity index (χ1v) is 13.3. The van der Waals surface area contributed by atoms with Gasteiger partial charge in [-0.3, -0.25) is 24.6 Å². The zero-order chi connectivity index (χ0) is 29.6. The molecule has 4 aromatic rings. The van der Waals surface area contributed by atoms with Crippen LogP contribution in [0.2, 0.25) is 0 Å². The summed E-state index contributed by atoms with van der Waals surface area (Å²) in [4.78, 5) is 41.6. The minimum atomic E-state index is -0.552. The van der Waals surface area contributed by atoms with Crippen molar-refractivity contribution in [3.63, 3.8) is 0 Å². The van der Waals surface area contributed by atoms with Crippen LogP contribution >= 0.6 is 0 Å². The molecule has 2 heterocycles. The van der Waals surface area contributed by atoms with Crippen molar-refractivity contribution in [2.45, 2.75) is 6.92 Å². The van der Waals surface area contributed by atoms with Crippen LogP contribution in [0.1, 0.15) is 22.8 Å². The van der Waals surface area contributed by atoms with E-state index in [1.165, 1.54) is 25.1 Å². The van der Waals surface area contributed by atoms with Gasteiger partial charge in [0.05, 0.1) is 23.7 Å². The minimum Gasteiger partial charge on any atom is -0.485 e. The number of Topliss-reactive ketones (excluding diaryl/α,β-unsaturated/α-hetero) is 1. The average Bonchev–Trinajstić information content (AvgIpc) is 3.31. The number of nitrogens with one attached hydrogen (secondary N) is 1. The van der Waals surface area contributed by atoms with Crippen molar-refractivity contribution in [2.75, 3.05) is 44.8 Å². The molecule has 0 spiro atoms. The molecular weight excluding hydrogens is 542 g/mol. The van der Waals surface area contributed by atoms with E-state index < -0.39 is 4.92 Å². The molecule has 0 aliphatic carbocycles. The third-order valence-corrected chi connectivity index (χ3v) is 6.83. The zero-order valence-electron chi connectivity index (χ0n) is 22.9. The molecule has 0 saturated carbocycles. The van der Waals surface area contributed by atoms with E-state index in [0.717, 1.165) is 23.4 Å². The lowest BCUT2D eigenvalue weighted by atomic mass is 10.1. The predicted molar refractivity (Wildman–Crippen MR) is 156 cm³/mol. The molecule has 0 bridgehead atoms. The number of benzene rings is 3. The molecule has 5 rings (SSSR count). The summed E-state index contributed by atoms with van der Waals surface area (Å²) in [5.41, 5.74) is 2.65. The molecule has 1 saturated heterocycles. The molecule has 42 heavy (non-hydrogen) atoms. The van der Waals surface area contributed by atoms with Crippen LogP contribution in [0, 0.1) is 10.1 Å². The maximum absolute atomic E-state index is 12.4. The van der Waals surface area contributed by atoms with Gasteiger partial charge in [0.2, 0.25) is 5.91 Å². The molecule has 1 aliphatic rings. The van der Waals surface area contributed by atoms with E-state index in [4.69, 9.17) is 9.47 Å². The van der Waals surface area contributed by atoms with Gasteiger partial charge in [0.25, 0.3) is 0 Å². The van der Waals surface area contributed by atoms with Gasteiger partial charge in [-0.1, -0.05) is 24.3 Å². The Bertz CT molecular complexity index is 1640. The van der Waals surface area contributed by atoms with Gasteiger partial charge in [0, 0.05) is 54.7 Å². The number of ketones is 1. The highest BCUT2D eigenvalue weighted by molar-refractivity contribution is 6.02. The highest BCUT2D eigenvalue weighted by Gasteiger charge is 2.22. The fourth-order valence-corrected chi connectivity index (χ4v) is 4.52. The normalized spacial score (nSPS) is 13.8. The summed E-state index contributed by atoms with van der Waals surface area (Å²) < 4.78 is 11.9. The molecule has 0 radical (unpaired) electrons. The quantitative estimate of drug-likeness (QED) is 0.0928. The summed E-state index contributed by atoms with van der Waals surface area (Å²) in [7, 11) is 0. The van der Waals surface area contributed by atoms with Gasteiger partial charge in [-0.15, -0.1) is 0 Å². The number of nitro groups is 1. The largest absolute Gasteiger partial charge is 0.485 e. The van der Waals surface area contributed by atoms with E-state index in [2.05, 4.69) is 15.2 Å². The zero-order valence-corrected chi connectivity index (χ0v) is 22.9. The lowest BCUT2D eigenvalue weighted by Crippen LogP contribution is -2.38. The Hall–Kier alpha value is -5.07. The molecule has 0 unspecified atom stereocenters. The molecular formula is C30H29N5O7. The van der Waals surface area contributed by atoms with E-state index >= 15 is 0 Å². The third kappa shape index (κ3) is 6.62. The van der Waals surface area contributed by atoms with Crippen LogP contribution < -0.4 is 10.1 Å². The van der Waals surface area contributed by atoms with Gasteiger partial charge in [-0.2, -0.15) is 4.73 Å². The Morgan fingerprint density at radius 3 is 2.50 bits per heavy atom. The Balaban J connectivity index is 1.27. The first kappa shape index (κ1) is 28.5. The monoisotopic (exact) mass is 571 g/mol. The smallest absolute Gasteiger partial charge is 0.313 e. The van der Waals surface area contributed by atoms with E-state index in [9.17, 15) is 24.9 Å². The molecule has 1 fully saturated rings. The van der Waals surface area contributed by atoms with Gasteiger partial charge < -0.3 is 20.0 Å². The van der Waals surface area contributed by atoms with Gasteiger partial charge in [-0.25, -0.2) is 4.98 Å². The van der Waals surface area contributed by atoms with Crippen LogP contribution in [0.3, 0.4) is 0 Å². The number of rotatable bonds is 10. The number of nitro benzene ring substituents is 1. The summed E-state index contributed by atoms with van der Waals surface area (Å²) in [6.45, 7) is 5.20. The number of morpholine rings is 1. The molecule has 12 nitrogen and oxygen atoms in total. The van der Waals surface area contributed by atoms with Crippen molar-refractivity contribution in [3.05, 3.63) is 88.0 Å². The number of imidazole rings is 1. The van der Waals surface area contributed by atoms with Crippen molar-refractivity contribution in [1.29, 1.82) is 0 Å². The highest BCUT2D eigenvalue weighted by Crippen LogP contribution is 2.34. The Morgan fingerprint density at radius 1 is 1.12 bits per heavy atom. The molecule has 216 valence electrons. The Morgan fingerprint density at radius 2 is 1.83 bits per heavy atom. The van der Waals surface area contributed by atoms with Gasteiger partial charge >= 0.3 is 5.69 Å². The van der Waals surface area contributed by atoms with E-state index in [1.54, 1.807) is 54.6 Å². The molecule has 1 amide bonds. The van der Waals surface area contributed by atoms with Crippen molar-refractivity contribution < 1.29 is 29.2 Å². The number of aromatic nitrogens is 2. The highest BCUT2D eigenvalue weighted by atomic mass is 16.6. The van der Waals surface area contributed by atoms with E-state index in [-0.39, 0.29) is 41.1 Å². The van der Waals surface area contributed by atoms with Crippen molar-refractivity contribution >= 4 is 40.2 Å². The van der Waals surface area contributed by atoms with Gasteiger partial charge in [-0.05, 0) is 42.8 Å². The molecule has 3 aromatic carbocycles. The van der Waals surface area contributed by atoms with E-state index in [0.29, 0.717) is 42.1 Å². The predicted octanol–water partition coefficient (Wildman–Crippen LogP) is 4.41. The van der Waals surface area contributed by atoms with Crippen LogP contribution in [0.15, 0.2) is 66.7 Å². The minimum absolute atomic E-state index is 0.0290. The number of hydrogen-bond acceptors (Lipinski definition) is 9. The topological polar surface area (TPSA) is 149 Å². The second-order valence-corrected chi connectivity index (χ2v) is 9.69. The van der Waals surface area contributed by atoms with Crippen molar-refractivity contribution in [3.8, 4) is 17.1 Å². The fraction of sp³-hybridized carbons (Fsp3) is 0.233. The standard InChI is InChI=1S/C30H29N5O7/c1-20(36)22-5-2-21(3-6-22)4-11-29(37)31-24-9-7-23(8-10-24)30-32-25-18-28(27(35(39)40)19-26(25)34(30)38)42-17-14-33-12-15-41-16-13-33/h2-11,18-19,38H,12-17H2,1H3,(H,31,37). The summed E-state index contributed by atoms with van der Waals surface area (Å²) in [5, 5.41) is 25.3. The number of nitrogens with zero attached hydrogens (tertiary/aromatic N) is 4. The van der Waals surface area contributed by atoms with Crippen molar-refractivity contribution in [1.82, 2.24) is 14.6 Å². The molecule has 1 aliphatic heterocycles. The van der Waals surface area contributed by atoms with Crippen LogP contribution in [0.5, 0.6) is 5.75 Å². The van der Waals surface area contributed by atoms with Gasteiger partial charge in [0.15, 0.2) is 17.4 Å². The summed E-state index contributed by atoms with van der Waals surface area (Å²) in [5.74, 6) is -0.122. The summed E-state index contributed by atoms with van der Waals surface area (Å²) >= 11 is 0. The molecule has 1 aromatic heterocycles. The lowest BCUT2D eigenvalue weighted by Gasteiger charge is -2.26. The maximum Gasteiger partial charge on any atom is 0.313 e. The number of ether oxygens (including phenoxy) is 2. The summed E-state index contributed by atoms with van der Waals surface area (Å²) in [6, 6.07) is 16.3. The number of carbonyl (C=O) groups excluding carboxylic acids is 2. The Kier molecular flexibility index (Phi) is 8.55. The number of carbonyl (C=O) groups is 2. The van der Waals surface area contributed by atoms with Crippen LogP contribution in [-0.4, -0.2) is 75.9 Å². The van der Waals surface area contributed by atoms with Crippen LogP contribution in [0.4, 0.5) is 11.4 Å².